The molecule has 18 heavy (non-hydrogen) atoms. The van der Waals surface area contributed by atoms with E-state index in [-0.39, 0.29) is 36.0 Å². The molecule has 2 amide bonds. The van der Waals surface area contributed by atoms with Gasteiger partial charge in [0.05, 0.1) is 0 Å². The van der Waals surface area contributed by atoms with Gasteiger partial charge in [0.25, 0.3) is 5.91 Å². The van der Waals surface area contributed by atoms with Crippen molar-refractivity contribution in [1.82, 2.24) is 15.6 Å². The van der Waals surface area contributed by atoms with Gasteiger partial charge < -0.3 is 16.4 Å². The van der Waals surface area contributed by atoms with Crippen molar-refractivity contribution in [3.05, 3.63) is 11.1 Å². The molecule has 7 heteroatoms. The van der Waals surface area contributed by atoms with E-state index in [1.165, 1.54) is 11.3 Å². The smallest absolute Gasteiger partial charge is 0.270 e. The second-order valence-corrected chi connectivity index (χ2v) is 5.76. The molecule has 1 aromatic heterocycles. The second-order valence-electron chi connectivity index (χ2n) is 4.88. The third-order valence-electron chi connectivity index (χ3n) is 1.91. The van der Waals surface area contributed by atoms with Crippen LogP contribution in [0.1, 0.15) is 37.7 Å². The van der Waals surface area contributed by atoms with Crippen molar-refractivity contribution < 1.29 is 9.59 Å². The molecule has 1 rings (SSSR count). The van der Waals surface area contributed by atoms with Crippen molar-refractivity contribution in [1.29, 1.82) is 0 Å². The molecule has 4 N–H and O–H groups in total. The number of amides is 2. The van der Waals surface area contributed by atoms with E-state index >= 15 is 0 Å². The molecular formula is C11H18N4O2S. The fourth-order valence-corrected chi connectivity index (χ4v) is 1.80. The lowest BCUT2D eigenvalue weighted by molar-refractivity contribution is -0.122. The number of nitrogen functional groups attached to an aromatic ring is 1. The summed E-state index contributed by atoms with van der Waals surface area (Å²) < 4.78 is 0. The summed E-state index contributed by atoms with van der Waals surface area (Å²) in [6, 6.07) is 0. The van der Waals surface area contributed by atoms with Crippen LogP contribution in [0.2, 0.25) is 0 Å². The Morgan fingerprint density at radius 3 is 2.61 bits per heavy atom. The molecule has 1 aromatic rings. The van der Waals surface area contributed by atoms with Crippen molar-refractivity contribution in [2.75, 3.05) is 12.3 Å². The van der Waals surface area contributed by atoms with Gasteiger partial charge in [-0.3, -0.25) is 9.59 Å². The average molecular weight is 270 g/mol. The van der Waals surface area contributed by atoms with E-state index in [4.69, 9.17) is 5.73 Å². The van der Waals surface area contributed by atoms with Crippen molar-refractivity contribution >= 4 is 28.3 Å². The summed E-state index contributed by atoms with van der Waals surface area (Å²) in [4.78, 5) is 26.9. The molecule has 0 aliphatic rings. The Kier molecular flexibility index (Phi) is 4.66. The molecule has 0 fully saturated rings. The number of hydrogen-bond donors (Lipinski definition) is 3. The largest absolute Gasteiger partial charge is 0.375 e. The standard InChI is InChI=1S/C11H18N4O2S/c1-11(2,3)15-8(16)4-5-13-9(17)7-6-18-10(12)14-7/h6H,4-5H2,1-3H3,(H2,12,14)(H,13,17)(H,15,16). The van der Waals surface area contributed by atoms with Crippen LogP contribution in [0.25, 0.3) is 0 Å². The summed E-state index contributed by atoms with van der Waals surface area (Å²) in [6.45, 7) is 5.99. The lowest BCUT2D eigenvalue weighted by atomic mass is 10.1. The summed E-state index contributed by atoms with van der Waals surface area (Å²) in [5.41, 5.74) is 5.45. The summed E-state index contributed by atoms with van der Waals surface area (Å²) in [6.07, 6.45) is 0.239. The SMILES string of the molecule is CC(C)(C)NC(=O)CCNC(=O)c1csc(N)n1. The van der Waals surface area contributed by atoms with Crippen LogP contribution in [0.15, 0.2) is 5.38 Å². The molecule has 0 bridgehead atoms. The van der Waals surface area contributed by atoms with Crippen LogP contribution < -0.4 is 16.4 Å². The van der Waals surface area contributed by atoms with E-state index in [2.05, 4.69) is 15.6 Å². The lowest BCUT2D eigenvalue weighted by Gasteiger charge is -2.20. The molecule has 100 valence electrons. The first-order valence-electron chi connectivity index (χ1n) is 5.58. The minimum Gasteiger partial charge on any atom is -0.375 e. The maximum Gasteiger partial charge on any atom is 0.270 e. The zero-order valence-corrected chi connectivity index (χ0v) is 11.6. The lowest BCUT2D eigenvalue weighted by Crippen LogP contribution is -2.42. The topological polar surface area (TPSA) is 97.1 Å². The van der Waals surface area contributed by atoms with Gasteiger partial charge >= 0.3 is 0 Å². The van der Waals surface area contributed by atoms with E-state index in [1.54, 1.807) is 5.38 Å². The molecule has 6 nitrogen and oxygen atoms in total. The van der Waals surface area contributed by atoms with Gasteiger partial charge in [-0.2, -0.15) is 0 Å². The first-order chi connectivity index (χ1) is 8.28. The molecule has 0 saturated carbocycles. The van der Waals surface area contributed by atoms with Crippen LogP contribution >= 0.6 is 11.3 Å². The predicted molar refractivity (Wildman–Crippen MR) is 71.4 cm³/mol. The van der Waals surface area contributed by atoms with Crippen molar-refractivity contribution in [3.63, 3.8) is 0 Å². The summed E-state index contributed by atoms with van der Waals surface area (Å²) >= 11 is 1.21. The predicted octanol–water partition coefficient (Wildman–Crippen LogP) is 0.760. The maximum atomic E-state index is 11.6. The van der Waals surface area contributed by atoms with Gasteiger partial charge in [-0.15, -0.1) is 11.3 Å². The molecule has 0 unspecified atom stereocenters. The fraction of sp³-hybridized carbons (Fsp3) is 0.545. The van der Waals surface area contributed by atoms with Crippen LogP contribution in [-0.2, 0) is 4.79 Å². The van der Waals surface area contributed by atoms with Crippen LogP contribution in [0.4, 0.5) is 5.13 Å². The third-order valence-corrected chi connectivity index (χ3v) is 2.58. The van der Waals surface area contributed by atoms with Crippen LogP contribution in [0.3, 0.4) is 0 Å². The zero-order valence-electron chi connectivity index (χ0n) is 10.7. The van der Waals surface area contributed by atoms with Gasteiger partial charge in [0, 0.05) is 23.9 Å². The van der Waals surface area contributed by atoms with Gasteiger partial charge in [-0.25, -0.2) is 4.98 Å². The Morgan fingerprint density at radius 1 is 1.44 bits per heavy atom. The Bertz CT molecular complexity index is 436. The second kappa shape index (κ2) is 5.81. The first kappa shape index (κ1) is 14.4. The number of anilines is 1. The Hall–Kier alpha value is -1.63. The Balaban J connectivity index is 2.30. The number of nitrogens with two attached hydrogens (primary N) is 1. The normalized spacial score (nSPS) is 11.1. The van der Waals surface area contributed by atoms with Gasteiger partial charge in [0.1, 0.15) is 5.69 Å². The summed E-state index contributed by atoms with van der Waals surface area (Å²) in [7, 11) is 0. The molecule has 1 heterocycles. The highest BCUT2D eigenvalue weighted by atomic mass is 32.1. The van der Waals surface area contributed by atoms with E-state index in [9.17, 15) is 9.59 Å². The van der Waals surface area contributed by atoms with E-state index in [1.807, 2.05) is 20.8 Å². The monoisotopic (exact) mass is 270 g/mol. The maximum absolute atomic E-state index is 11.6. The van der Waals surface area contributed by atoms with Crippen molar-refractivity contribution in [3.8, 4) is 0 Å². The number of nitrogens with zero attached hydrogens (tertiary/aromatic N) is 1. The average Bonchev–Trinajstić information content (AvgIpc) is 2.62. The van der Waals surface area contributed by atoms with Crippen LogP contribution in [0.5, 0.6) is 0 Å². The number of carbonyl (C=O) groups is 2. The minimum atomic E-state index is -0.313. The number of thiazole rings is 1. The van der Waals surface area contributed by atoms with E-state index < -0.39 is 0 Å². The minimum absolute atomic E-state index is 0.0967. The van der Waals surface area contributed by atoms with Gasteiger partial charge in [-0.1, -0.05) is 0 Å². The number of carbonyl (C=O) groups excluding carboxylic acids is 2. The molecule has 0 aromatic carbocycles. The molecule has 0 radical (unpaired) electrons. The summed E-state index contributed by atoms with van der Waals surface area (Å²) in [5.74, 6) is -0.410. The molecule has 0 saturated heterocycles. The quantitative estimate of drug-likeness (QED) is 0.752. The van der Waals surface area contributed by atoms with Crippen molar-refractivity contribution in [2.24, 2.45) is 0 Å². The van der Waals surface area contributed by atoms with E-state index in [0.29, 0.717) is 5.13 Å². The number of nitrogens with one attached hydrogen (secondary N) is 2. The fourth-order valence-electron chi connectivity index (χ4n) is 1.25. The zero-order chi connectivity index (χ0) is 13.8. The molecule has 0 aliphatic carbocycles. The Labute approximate surface area is 110 Å². The number of rotatable bonds is 4. The van der Waals surface area contributed by atoms with Gasteiger partial charge in [0.2, 0.25) is 5.91 Å². The highest BCUT2D eigenvalue weighted by Crippen LogP contribution is 2.10. The van der Waals surface area contributed by atoms with Gasteiger partial charge in [0.15, 0.2) is 5.13 Å². The van der Waals surface area contributed by atoms with Crippen molar-refractivity contribution in [2.45, 2.75) is 32.7 Å². The van der Waals surface area contributed by atoms with Crippen LogP contribution in [-0.4, -0.2) is 28.9 Å². The summed E-state index contributed by atoms with van der Waals surface area (Å²) in [5, 5.41) is 7.37. The highest BCUT2D eigenvalue weighted by Gasteiger charge is 2.14. The molecule has 0 spiro atoms. The van der Waals surface area contributed by atoms with Crippen LogP contribution in [0, 0.1) is 0 Å². The Morgan fingerprint density at radius 2 is 2.11 bits per heavy atom. The molecule has 0 atom stereocenters. The molecular weight excluding hydrogens is 252 g/mol. The van der Waals surface area contributed by atoms with E-state index in [0.717, 1.165) is 0 Å². The third kappa shape index (κ3) is 5.13. The number of aromatic nitrogens is 1. The molecule has 0 aliphatic heterocycles. The van der Waals surface area contributed by atoms with Gasteiger partial charge in [-0.05, 0) is 20.8 Å². The highest BCUT2D eigenvalue weighted by molar-refractivity contribution is 7.13. The first-order valence-corrected chi connectivity index (χ1v) is 6.46. The number of hydrogen-bond acceptors (Lipinski definition) is 5.